The summed E-state index contributed by atoms with van der Waals surface area (Å²) in [5, 5.41) is 0.683. The number of hydrogen-bond donors (Lipinski definition) is 0. The summed E-state index contributed by atoms with van der Waals surface area (Å²) in [6, 6.07) is 13.1. The zero-order valence-electron chi connectivity index (χ0n) is 10.9. The third kappa shape index (κ3) is 3.15. The van der Waals surface area contributed by atoms with Crippen molar-refractivity contribution in [3.63, 3.8) is 0 Å². The number of halogens is 1. The molecule has 2 aromatic rings. The van der Waals surface area contributed by atoms with Crippen LogP contribution in [0.1, 0.15) is 22.8 Å². The Labute approximate surface area is 118 Å². The molecule has 0 fully saturated rings. The van der Waals surface area contributed by atoms with Crippen molar-refractivity contribution in [2.45, 2.75) is 13.8 Å². The van der Waals surface area contributed by atoms with Gasteiger partial charge in [-0.15, -0.1) is 0 Å². The van der Waals surface area contributed by atoms with Gasteiger partial charge in [0.25, 0.3) is 0 Å². The van der Waals surface area contributed by atoms with E-state index in [1.165, 1.54) is 0 Å². The van der Waals surface area contributed by atoms with E-state index in [2.05, 4.69) is 0 Å². The Bertz CT molecular complexity index is 605. The van der Waals surface area contributed by atoms with Gasteiger partial charge in [0.2, 0.25) is 0 Å². The molecule has 0 aliphatic rings. The van der Waals surface area contributed by atoms with Crippen molar-refractivity contribution >= 4 is 17.6 Å². The minimum absolute atomic E-state index is 0.302. The van der Waals surface area contributed by atoms with E-state index in [0.29, 0.717) is 17.2 Å². The standard InChI is InChI=1S/C16H15ClO2/c1-3-19-16(18)13-6-4-5-12(9-13)15-10-14(17)8-7-11(15)2/h4-10H,3H2,1-2H3. The van der Waals surface area contributed by atoms with Crippen LogP contribution in [0.25, 0.3) is 11.1 Å². The highest BCUT2D eigenvalue weighted by Crippen LogP contribution is 2.27. The molecule has 0 bridgehead atoms. The van der Waals surface area contributed by atoms with Crippen LogP contribution in [-0.2, 0) is 4.74 Å². The molecule has 0 N–H and O–H groups in total. The lowest BCUT2D eigenvalue weighted by atomic mass is 9.99. The molecule has 0 saturated heterocycles. The van der Waals surface area contributed by atoms with Crippen LogP contribution in [0.2, 0.25) is 5.02 Å². The molecule has 0 radical (unpaired) electrons. The molecule has 19 heavy (non-hydrogen) atoms. The second-order valence-electron chi connectivity index (χ2n) is 4.26. The van der Waals surface area contributed by atoms with E-state index in [9.17, 15) is 4.79 Å². The van der Waals surface area contributed by atoms with Crippen molar-refractivity contribution in [2.75, 3.05) is 6.61 Å². The highest BCUT2D eigenvalue weighted by Gasteiger charge is 2.09. The molecule has 0 aromatic heterocycles. The molecule has 0 unspecified atom stereocenters. The van der Waals surface area contributed by atoms with Crippen LogP contribution < -0.4 is 0 Å². The van der Waals surface area contributed by atoms with E-state index in [1.807, 2.05) is 43.3 Å². The summed E-state index contributed by atoms with van der Waals surface area (Å²) in [4.78, 5) is 11.7. The fourth-order valence-electron chi connectivity index (χ4n) is 1.93. The third-order valence-corrected chi connectivity index (χ3v) is 3.12. The van der Waals surface area contributed by atoms with Gasteiger partial charge in [0.1, 0.15) is 0 Å². The lowest BCUT2D eigenvalue weighted by Crippen LogP contribution is -2.04. The monoisotopic (exact) mass is 274 g/mol. The normalized spacial score (nSPS) is 10.3. The number of hydrogen-bond acceptors (Lipinski definition) is 2. The van der Waals surface area contributed by atoms with Gasteiger partial charge in [-0.2, -0.15) is 0 Å². The Morgan fingerprint density at radius 1 is 1.21 bits per heavy atom. The van der Waals surface area contributed by atoms with Gasteiger partial charge in [0.05, 0.1) is 12.2 Å². The number of ether oxygens (including phenoxy) is 1. The summed E-state index contributed by atoms with van der Waals surface area (Å²) < 4.78 is 5.01. The quantitative estimate of drug-likeness (QED) is 0.771. The van der Waals surface area contributed by atoms with Crippen LogP contribution in [-0.4, -0.2) is 12.6 Å². The second-order valence-corrected chi connectivity index (χ2v) is 4.70. The van der Waals surface area contributed by atoms with Gasteiger partial charge in [-0.05, 0) is 54.8 Å². The molecule has 0 heterocycles. The first-order valence-electron chi connectivity index (χ1n) is 6.15. The minimum atomic E-state index is -0.302. The molecule has 0 atom stereocenters. The zero-order chi connectivity index (χ0) is 13.8. The first-order valence-corrected chi connectivity index (χ1v) is 6.53. The van der Waals surface area contributed by atoms with Gasteiger partial charge >= 0.3 is 5.97 Å². The molecule has 0 amide bonds. The number of carbonyl (C=O) groups is 1. The van der Waals surface area contributed by atoms with Crippen molar-refractivity contribution in [2.24, 2.45) is 0 Å². The van der Waals surface area contributed by atoms with Crippen molar-refractivity contribution in [3.8, 4) is 11.1 Å². The number of aryl methyl sites for hydroxylation is 1. The SMILES string of the molecule is CCOC(=O)c1cccc(-c2cc(Cl)ccc2C)c1. The molecular formula is C16H15ClO2. The molecule has 0 spiro atoms. The van der Waals surface area contributed by atoms with Gasteiger partial charge in [-0.25, -0.2) is 4.79 Å². The largest absolute Gasteiger partial charge is 0.462 e. The summed E-state index contributed by atoms with van der Waals surface area (Å²) in [6.45, 7) is 4.19. The Balaban J connectivity index is 2.43. The van der Waals surface area contributed by atoms with Crippen LogP contribution in [0.4, 0.5) is 0 Å². The number of carbonyl (C=O) groups excluding carboxylic acids is 1. The molecule has 2 aromatic carbocycles. The molecule has 0 aliphatic carbocycles. The maximum Gasteiger partial charge on any atom is 0.338 e. The summed E-state index contributed by atoms with van der Waals surface area (Å²) >= 11 is 6.03. The van der Waals surface area contributed by atoms with Crippen LogP contribution in [0.15, 0.2) is 42.5 Å². The van der Waals surface area contributed by atoms with Crippen molar-refractivity contribution in [1.82, 2.24) is 0 Å². The minimum Gasteiger partial charge on any atom is -0.462 e. The predicted octanol–water partition coefficient (Wildman–Crippen LogP) is 4.49. The van der Waals surface area contributed by atoms with Gasteiger partial charge in [0.15, 0.2) is 0 Å². The summed E-state index contributed by atoms with van der Waals surface area (Å²) in [6.07, 6.45) is 0. The Morgan fingerprint density at radius 2 is 2.00 bits per heavy atom. The topological polar surface area (TPSA) is 26.3 Å². The van der Waals surface area contributed by atoms with E-state index in [1.54, 1.807) is 13.0 Å². The Morgan fingerprint density at radius 3 is 2.74 bits per heavy atom. The predicted molar refractivity (Wildman–Crippen MR) is 77.6 cm³/mol. The molecule has 98 valence electrons. The van der Waals surface area contributed by atoms with Crippen molar-refractivity contribution in [3.05, 3.63) is 58.6 Å². The maximum atomic E-state index is 11.7. The number of rotatable bonds is 3. The number of benzene rings is 2. The highest BCUT2D eigenvalue weighted by molar-refractivity contribution is 6.30. The lowest BCUT2D eigenvalue weighted by molar-refractivity contribution is 0.0526. The van der Waals surface area contributed by atoms with Crippen LogP contribution >= 0.6 is 11.6 Å². The van der Waals surface area contributed by atoms with E-state index in [0.717, 1.165) is 16.7 Å². The van der Waals surface area contributed by atoms with Gasteiger partial charge in [-0.3, -0.25) is 0 Å². The number of esters is 1. The third-order valence-electron chi connectivity index (χ3n) is 2.88. The summed E-state index contributed by atoms with van der Waals surface area (Å²) in [7, 11) is 0. The second kappa shape index (κ2) is 5.89. The van der Waals surface area contributed by atoms with Crippen molar-refractivity contribution in [1.29, 1.82) is 0 Å². The fraction of sp³-hybridized carbons (Fsp3) is 0.188. The summed E-state index contributed by atoms with van der Waals surface area (Å²) in [5.41, 5.74) is 3.66. The van der Waals surface area contributed by atoms with Gasteiger partial charge in [0, 0.05) is 5.02 Å². The van der Waals surface area contributed by atoms with Gasteiger partial charge in [-0.1, -0.05) is 29.8 Å². The first-order chi connectivity index (χ1) is 9.11. The lowest BCUT2D eigenvalue weighted by Gasteiger charge is -2.08. The van der Waals surface area contributed by atoms with Crippen LogP contribution in [0.3, 0.4) is 0 Å². The van der Waals surface area contributed by atoms with Crippen molar-refractivity contribution < 1.29 is 9.53 Å². The highest BCUT2D eigenvalue weighted by atomic mass is 35.5. The molecule has 0 saturated carbocycles. The average molecular weight is 275 g/mol. The smallest absolute Gasteiger partial charge is 0.338 e. The fourth-order valence-corrected chi connectivity index (χ4v) is 2.11. The van der Waals surface area contributed by atoms with E-state index < -0.39 is 0 Å². The summed E-state index contributed by atoms with van der Waals surface area (Å²) in [5.74, 6) is -0.302. The molecular weight excluding hydrogens is 260 g/mol. The Kier molecular flexibility index (Phi) is 4.23. The Hall–Kier alpha value is -1.80. The van der Waals surface area contributed by atoms with E-state index in [4.69, 9.17) is 16.3 Å². The van der Waals surface area contributed by atoms with E-state index >= 15 is 0 Å². The van der Waals surface area contributed by atoms with Gasteiger partial charge < -0.3 is 4.74 Å². The van der Waals surface area contributed by atoms with Crippen LogP contribution in [0.5, 0.6) is 0 Å². The zero-order valence-corrected chi connectivity index (χ0v) is 11.7. The average Bonchev–Trinajstić information content (AvgIpc) is 2.42. The van der Waals surface area contributed by atoms with Crippen LogP contribution in [0, 0.1) is 6.92 Å². The molecule has 2 nitrogen and oxygen atoms in total. The first kappa shape index (κ1) is 13.6. The maximum absolute atomic E-state index is 11.7. The van der Waals surface area contributed by atoms with E-state index in [-0.39, 0.29) is 5.97 Å². The molecule has 2 rings (SSSR count). The molecule has 3 heteroatoms. The molecule has 0 aliphatic heterocycles.